The fourth-order valence-electron chi connectivity index (χ4n) is 2.45. The number of nitrogens with two attached hydrogens (primary N) is 1. The number of hydrogen-bond donors (Lipinski definition) is 2. The van der Waals surface area contributed by atoms with Gasteiger partial charge in [0.05, 0.1) is 13.0 Å². The number of carbonyl (C=O) groups excluding carboxylic acids is 1. The van der Waals surface area contributed by atoms with Crippen molar-refractivity contribution in [2.75, 3.05) is 13.7 Å². The lowest BCUT2D eigenvalue weighted by Crippen LogP contribution is -2.41. The van der Waals surface area contributed by atoms with E-state index in [-0.39, 0.29) is 17.9 Å². The monoisotopic (exact) mass is 234 g/mol. The van der Waals surface area contributed by atoms with E-state index >= 15 is 0 Å². The van der Waals surface area contributed by atoms with E-state index in [4.69, 9.17) is 10.5 Å². The molecule has 1 amide bonds. The van der Waals surface area contributed by atoms with Crippen LogP contribution in [-0.4, -0.2) is 19.6 Å². The molecule has 0 radical (unpaired) electrons. The van der Waals surface area contributed by atoms with Gasteiger partial charge in [-0.25, -0.2) is 0 Å². The van der Waals surface area contributed by atoms with Crippen molar-refractivity contribution >= 4 is 5.91 Å². The van der Waals surface area contributed by atoms with Gasteiger partial charge in [-0.3, -0.25) is 4.79 Å². The molecule has 17 heavy (non-hydrogen) atoms. The third kappa shape index (κ3) is 2.42. The zero-order chi connectivity index (χ0) is 12.3. The molecule has 1 aromatic rings. The number of ether oxygens (including phenoxy) is 1. The first-order chi connectivity index (χ1) is 8.24. The van der Waals surface area contributed by atoms with Crippen molar-refractivity contribution < 1.29 is 9.53 Å². The summed E-state index contributed by atoms with van der Waals surface area (Å²) in [7, 11) is 1.64. The van der Waals surface area contributed by atoms with Gasteiger partial charge in [-0.2, -0.15) is 0 Å². The maximum atomic E-state index is 11.5. The minimum Gasteiger partial charge on any atom is -0.496 e. The summed E-state index contributed by atoms with van der Waals surface area (Å²) >= 11 is 0. The van der Waals surface area contributed by atoms with Crippen LogP contribution in [0, 0.1) is 5.92 Å². The molecule has 1 aromatic carbocycles. The summed E-state index contributed by atoms with van der Waals surface area (Å²) in [6.07, 6.45) is 1.82. The summed E-state index contributed by atoms with van der Waals surface area (Å²) in [4.78, 5) is 11.5. The average Bonchev–Trinajstić information content (AvgIpc) is 2.38. The van der Waals surface area contributed by atoms with E-state index in [9.17, 15) is 4.79 Å². The zero-order valence-corrected chi connectivity index (χ0v) is 9.98. The fraction of sp³-hybridized carbons (Fsp3) is 0.462. The largest absolute Gasteiger partial charge is 0.496 e. The molecule has 1 saturated heterocycles. The zero-order valence-electron chi connectivity index (χ0n) is 9.98. The Balaban J connectivity index is 2.32. The molecular weight excluding hydrogens is 216 g/mol. The predicted molar refractivity (Wildman–Crippen MR) is 65.7 cm³/mol. The summed E-state index contributed by atoms with van der Waals surface area (Å²) in [6, 6.07) is 7.73. The number of methoxy groups -OCH3 is 1. The number of rotatable bonds is 3. The Bertz CT molecular complexity index is 406. The van der Waals surface area contributed by atoms with Crippen LogP contribution < -0.4 is 15.8 Å². The molecule has 0 aromatic heterocycles. The van der Waals surface area contributed by atoms with E-state index in [1.165, 1.54) is 0 Å². The number of hydrogen-bond acceptors (Lipinski definition) is 3. The molecular formula is C13H18N2O2. The summed E-state index contributed by atoms with van der Waals surface area (Å²) in [5, 5.41) is 3.36. The van der Waals surface area contributed by atoms with Gasteiger partial charge in [0.1, 0.15) is 5.75 Å². The highest BCUT2D eigenvalue weighted by atomic mass is 16.5. The molecule has 0 aliphatic carbocycles. The average molecular weight is 234 g/mol. The first kappa shape index (κ1) is 11.9. The maximum Gasteiger partial charge on any atom is 0.222 e. The molecule has 2 rings (SSSR count). The lowest BCUT2D eigenvalue weighted by molar-refractivity contribution is -0.123. The fourth-order valence-corrected chi connectivity index (χ4v) is 2.45. The molecule has 3 N–H and O–H groups in total. The Morgan fingerprint density at radius 2 is 2.24 bits per heavy atom. The molecule has 1 aliphatic heterocycles. The van der Waals surface area contributed by atoms with Crippen molar-refractivity contribution in [3.05, 3.63) is 29.8 Å². The van der Waals surface area contributed by atoms with Crippen LogP contribution in [0.25, 0.3) is 0 Å². The van der Waals surface area contributed by atoms with Crippen LogP contribution in [0.5, 0.6) is 5.75 Å². The lowest BCUT2D eigenvalue weighted by atomic mass is 9.85. The van der Waals surface area contributed by atoms with Gasteiger partial charge in [-0.1, -0.05) is 18.2 Å². The van der Waals surface area contributed by atoms with Crippen molar-refractivity contribution in [2.24, 2.45) is 11.7 Å². The lowest BCUT2D eigenvalue weighted by Gasteiger charge is -2.31. The predicted octanol–water partition coefficient (Wildman–Crippen LogP) is 1.22. The minimum absolute atomic E-state index is 0.0302. The molecule has 1 aliphatic rings. The van der Waals surface area contributed by atoms with Crippen molar-refractivity contribution in [3.63, 3.8) is 0 Å². The number of nitrogens with one attached hydrogen (secondary N) is 1. The quantitative estimate of drug-likeness (QED) is 0.826. The highest BCUT2D eigenvalue weighted by Crippen LogP contribution is 2.34. The van der Waals surface area contributed by atoms with Crippen LogP contribution >= 0.6 is 0 Å². The number of amides is 1. The highest BCUT2D eigenvalue weighted by Gasteiger charge is 2.31. The number of para-hydroxylation sites is 1. The van der Waals surface area contributed by atoms with E-state index in [1.807, 2.05) is 24.3 Å². The number of primary amides is 1. The van der Waals surface area contributed by atoms with Gasteiger partial charge in [0.2, 0.25) is 5.91 Å². The molecule has 4 nitrogen and oxygen atoms in total. The molecule has 1 heterocycles. The third-order valence-electron chi connectivity index (χ3n) is 3.30. The first-order valence-corrected chi connectivity index (χ1v) is 5.89. The number of piperidine rings is 1. The Hall–Kier alpha value is -1.55. The molecule has 2 unspecified atom stereocenters. The van der Waals surface area contributed by atoms with Crippen LogP contribution in [0.1, 0.15) is 24.4 Å². The number of benzene rings is 1. The SMILES string of the molecule is COc1ccccc1C1NCCCC1C(N)=O. The van der Waals surface area contributed by atoms with Gasteiger partial charge in [0.15, 0.2) is 0 Å². The van der Waals surface area contributed by atoms with Crippen molar-refractivity contribution in [1.82, 2.24) is 5.32 Å². The first-order valence-electron chi connectivity index (χ1n) is 5.89. The van der Waals surface area contributed by atoms with Gasteiger partial charge in [0, 0.05) is 11.6 Å². The van der Waals surface area contributed by atoms with E-state index in [1.54, 1.807) is 7.11 Å². The molecule has 4 heteroatoms. The molecule has 0 saturated carbocycles. The van der Waals surface area contributed by atoms with Crippen molar-refractivity contribution in [1.29, 1.82) is 0 Å². The molecule has 0 spiro atoms. The van der Waals surface area contributed by atoms with Gasteiger partial charge in [-0.05, 0) is 25.5 Å². The summed E-state index contributed by atoms with van der Waals surface area (Å²) in [5.74, 6) is 0.409. The third-order valence-corrected chi connectivity index (χ3v) is 3.30. The second-order valence-corrected chi connectivity index (χ2v) is 4.32. The Labute approximate surface area is 101 Å². The maximum absolute atomic E-state index is 11.5. The Kier molecular flexibility index (Phi) is 3.64. The smallest absolute Gasteiger partial charge is 0.222 e. The molecule has 92 valence electrons. The van der Waals surface area contributed by atoms with Gasteiger partial charge < -0.3 is 15.8 Å². The second kappa shape index (κ2) is 5.19. The van der Waals surface area contributed by atoms with E-state index < -0.39 is 0 Å². The van der Waals surface area contributed by atoms with E-state index in [0.717, 1.165) is 30.7 Å². The summed E-state index contributed by atoms with van der Waals surface area (Å²) in [5.41, 5.74) is 6.48. The normalized spacial score (nSPS) is 24.3. The topological polar surface area (TPSA) is 64.3 Å². The van der Waals surface area contributed by atoms with Crippen molar-refractivity contribution in [2.45, 2.75) is 18.9 Å². The van der Waals surface area contributed by atoms with Gasteiger partial charge >= 0.3 is 0 Å². The highest BCUT2D eigenvalue weighted by molar-refractivity contribution is 5.78. The van der Waals surface area contributed by atoms with Gasteiger partial charge in [-0.15, -0.1) is 0 Å². The second-order valence-electron chi connectivity index (χ2n) is 4.32. The molecule has 1 fully saturated rings. The van der Waals surface area contributed by atoms with Crippen LogP contribution in [0.4, 0.5) is 0 Å². The van der Waals surface area contributed by atoms with Crippen LogP contribution in [-0.2, 0) is 4.79 Å². The van der Waals surface area contributed by atoms with Crippen LogP contribution in [0.2, 0.25) is 0 Å². The van der Waals surface area contributed by atoms with E-state index in [2.05, 4.69) is 5.32 Å². The standard InChI is InChI=1S/C13H18N2O2/c1-17-11-7-3-2-5-9(11)12-10(13(14)16)6-4-8-15-12/h2-3,5,7,10,12,15H,4,6,8H2,1H3,(H2,14,16). The Morgan fingerprint density at radius 1 is 1.47 bits per heavy atom. The van der Waals surface area contributed by atoms with Crippen molar-refractivity contribution in [3.8, 4) is 5.75 Å². The van der Waals surface area contributed by atoms with E-state index in [0.29, 0.717) is 0 Å². The summed E-state index contributed by atoms with van der Waals surface area (Å²) in [6.45, 7) is 0.909. The summed E-state index contributed by atoms with van der Waals surface area (Å²) < 4.78 is 5.33. The molecule has 2 atom stereocenters. The minimum atomic E-state index is -0.242. The number of carbonyl (C=O) groups is 1. The van der Waals surface area contributed by atoms with Gasteiger partial charge in [0.25, 0.3) is 0 Å². The van der Waals surface area contributed by atoms with Crippen LogP contribution in [0.3, 0.4) is 0 Å². The van der Waals surface area contributed by atoms with Crippen LogP contribution in [0.15, 0.2) is 24.3 Å². The molecule has 0 bridgehead atoms. The Morgan fingerprint density at radius 3 is 2.94 bits per heavy atom.